The maximum atomic E-state index is 4.55. The maximum absolute atomic E-state index is 4.55. The Morgan fingerprint density at radius 3 is 2.79 bits per heavy atom. The van der Waals surface area contributed by atoms with Gasteiger partial charge < -0.3 is 4.84 Å². The number of allylic oxidation sites excluding steroid dienone is 3. The first-order chi connectivity index (χ1) is 6.93. The molecule has 3 heteroatoms. The lowest BCUT2D eigenvalue weighted by Gasteiger charge is -1.97. The predicted molar refractivity (Wildman–Crippen MR) is 60.7 cm³/mol. The molecule has 1 aromatic rings. The molecule has 1 N–H and O–H groups in total. The first-order valence-electron chi connectivity index (χ1n) is 4.29. The molecular weight excluding hydrogens is 194 g/mol. The fraction of sp³-hybridized carbons (Fsp3) is 0.0909. The van der Waals surface area contributed by atoms with Gasteiger partial charge in [-0.2, -0.15) is 0 Å². The second-order valence-corrected chi connectivity index (χ2v) is 3.53. The Balaban J connectivity index is 0.000000146. The second-order valence-electron chi connectivity index (χ2n) is 2.50. The van der Waals surface area contributed by atoms with Gasteiger partial charge in [0.2, 0.25) is 0 Å². The summed E-state index contributed by atoms with van der Waals surface area (Å²) in [5, 5.41) is 2.08. The number of hydroxylamine groups is 1. The van der Waals surface area contributed by atoms with E-state index in [-0.39, 0.29) is 0 Å². The highest BCUT2D eigenvalue weighted by atomic mass is 32.1. The molecule has 0 radical (unpaired) electrons. The Morgan fingerprint density at radius 2 is 2.43 bits per heavy atom. The van der Waals surface area contributed by atoms with Crippen molar-refractivity contribution < 1.29 is 4.84 Å². The van der Waals surface area contributed by atoms with E-state index >= 15 is 0 Å². The van der Waals surface area contributed by atoms with Crippen LogP contribution in [-0.2, 0) is 11.3 Å². The van der Waals surface area contributed by atoms with E-state index < -0.39 is 0 Å². The van der Waals surface area contributed by atoms with Gasteiger partial charge in [0.1, 0.15) is 6.26 Å². The molecule has 2 rings (SSSR count). The Bertz CT molecular complexity index is 289. The minimum atomic E-state index is 1.01. The van der Waals surface area contributed by atoms with Crippen LogP contribution < -0.4 is 5.48 Å². The summed E-state index contributed by atoms with van der Waals surface area (Å²) in [6, 6.07) is 4.18. The molecule has 0 bridgehead atoms. The third kappa shape index (κ3) is 4.52. The van der Waals surface area contributed by atoms with Crippen molar-refractivity contribution in [2.75, 3.05) is 0 Å². The summed E-state index contributed by atoms with van der Waals surface area (Å²) < 4.78 is 0. The van der Waals surface area contributed by atoms with Gasteiger partial charge in [0.25, 0.3) is 0 Å². The molecule has 1 aliphatic rings. The van der Waals surface area contributed by atoms with Gasteiger partial charge in [-0.05, 0) is 30.0 Å². The fourth-order valence-electron chi connectivity index (χ4n) is 0.829. The highest BCUT2D eigenvalue weighted by Gasteiger charge is 1.84. The lowest BCUT2D eigenvalue weighted by molar-refractivity contribution is 0.172. The summed E-state index contributed by atoms with van der Waals surface area (Å²) >= 11 is 1.78. The zero-order chi connectivity index (χ0) is 10.1. The fourth-order valence-corrected chi connectivity index (χ4v) is 1.53. The highest BCUT2D eigenvalue weighted by Crippen LogP contribution is 2.08. The molecule has 14 heavy (non-hydrogen) atoms. The second kappa shape index (κ2) is 6.97. The van der Waals surface area contributed by atoms with Crippen molar-refractivity contribution in [3.63, 3.8) is 0 Å². The topological polar surface area (TPSA) is 21.3 Å². The minimum absolute atomic E-state index is 1.01. The molecule has 0 unspecified atom stereocenters. The Morgan fingerprint density at radius 1 is 1.50 bits per heavy atom. The smallest absolute Gasteiger partial charge is 0.119 e. The van der Waals surface area contributed by atoms with Gasteiger partial charge >= 0.3 is 0 Å². The first-order valence-corrected chi connectivity index (χ1v) is 5.17. The van der Waals surface area contributed by atoms with E-state index in [0.717, 1.165) is 6.42 Å². The van der Waals surface area contributed by atoms with Crippen LogP contribution >= 0.6 is 11.3 Å². The van der Waals surface area contributed by atoms with Crippen LogP contribution in [0.3, 0.4) is 0 Å². The Hall–Kier alpha value is -1.48. The van der Waals surface area contributed by atoms with Gasteiger partial charge in [0, 0.05) is 11.1 Å². The van der Waals surface area contributed by atoms with Crippen LogP contribution in [-0.4, -0.2) is 0 Å². The molecule has 0 aromatic carbocycles. The van der Waals surface area contributed by atoms with Gasteiger partial charge in [0.05, 0.1) is 0 Å². The zero-order valence-electron chi connectivity index (χ0n) is 7.85. The molecular formula is C11H13NOS. The van der Waals surface area contributed by atoms with E-state index in [1.165, 1.54) is 4.88 Å². The molecule has 74 valence electrons. The van der Waals surface area contributed by atoms with Crippen molar-refractivity contribution in [3.05, 3.63) is 59.7 Å². The van der Waals surface area contributed by atoms with Crippen LogP contribution in [0.15, 0.2) is 54.8 Å². The van der Waals surface area contributed by atoms with Crippen LogP contribution in [0.5, 0.6) is 0 Å². The van der Waals surface area contributed by atoms with E-state index in [2.05, 4.69) is 34.4 Å². The number of hydrogen-bond acceptors (Lipinski definition) is 3. The van der Waals surface area contributed by atoms with E-state index in [1.807, 2.05) is 12.2 Å². The standard InChI is InChI=1S/C7H8S.C4H5NO/c1-2-4-7-5-3-6-8-7;1-2-4-6-5-3-1/h2-3,5-6H,1,4H2;1-5H. The van der Waals surface area contributed by atoms with Crippen molar-refractivity contribution >= 4 is 11.3 Å². The third-order valence-electron chi connectivity index (χ3n) is 1.42. The third-order valence-corrected chi connectivity index (χ3v) is 2.31. The first kappa shape index (κ1) is 10.6. The molecule has 2 nitrogen and oxygen atoms in total. The van der Waals surface area contributed by atoms with E-state index in [1.54, 1.807) is 29.9 Å². The van der Waals surface area contributed by atoms with Crippen LogP contribution in [0.4, 0.5) is 0 Å². The molecule has 0 aliphatic carbocycles. The lowest BCUT2D eigenvalue weighted by atomic mass is 10.3. The largest absolute Gasteiger partial charge is 0.391 e. The molecule has 0 spiro atoms. The van der Waals surface area contributed by atoms with Gasteiger partial charge in [-0.15, -0.1) is 17.9 Å². The molecule has 0 amide bonds. The average Bonchev–Trinajstić information content (AvgIpc) is 2.75. The maximum Gasteiger partial charge on any atom is 0.119 e. The average molecular weight is 207 g/mol. The summed E-state index contributed by atoms with van der Waals surface area (Å²) in [7, 11) is 0. The predicted octanol–water partition coefficient (Wildman–Crippen LogP) is 3.03. The van der Waals surface area contributed by atoms with Gasteiger partial charge in [-0.3, -0.25) is 0 Å². The van der Waals surface area contributed by atoms with Crippen molar-refractivity contribution in [3.8, 4) is 0 Å². The number of hydrogen-bond donors (Lipinski definition) is 1. The van der Waals surface area contributed by atoms with E-state index in [0.29, 0.717) is 0 Å². The Labute approximate surface area is 88.2 Å². The molecule has 1 aromatic heterocycles. The van der Waals surface area contributed by atoms with Crippen molar-refractivity contribution in [1.29, 1.82) is 0 Å². The molecule has 2 heterocycles. The van der Waals surface area contributed by atoms with Crippen LogP contribution in [0.2, 0.25) is 0 Å². The minimum Gasteiger partial charge on any atom is -0.391 e. The van der Waals surface area contributed by atoms with Gasteiger partial charge in [0.15, 0.2) is 0 Å². The quantitative estimate of drug-likeness (QED) is 0.753. The van der Waals surface area contributed by atoms with E-state index in [9.17, 15) is 0 Å². The van der Waals surface area contributed by atoms with Crippen molar-refractivity contribution in [1.82, 2.24) is 5.48 Å². The van der Waals surface area contributed by atoms with Gasteiger partial charge in [-0.25, -0.2) is 5.48 Å². The number of rotatable bonds is 2. The molecule has 0 atom stereocenters. The normalized spacial score (nSPS) is 12.0. The summed E-state index contributed by atoms with van der Waals surface area (Å²) in [4.78, 5) is 5.94. The lowest BCUT2D eigenvalue weighted by Crippen LogP contribution is -2.01. The highest BCUT2D eigenvalue weighted by molar-refractivity contribution is 7.09. The van der Waals surface area contributed by atoms with Crippen LogP contribution in [0.25, 0.3) is 0 Å². The summed E-state index contributed by atoms with van der Waals surface area (Å²) in [6.07, 6.45) is 9.86. The molecule has 0 fully saturated rings. The SMILES string of the molecule is C1=CNOC=C1.C=CCc1cccs1. The van der Waals surface area contributed by atoms with Crippen LogP contribution in [0, 0.1) is 0 Å². The summed E-state index contributed by atoms with van der Waals surface area (Å²) in [5.41, 5.74) is 2.52. The summed E-state index contributed by atoms with van der Waals surface area (Å²) in [6.45, 7) is 3.64. The van der Waals surface area contributed by atoms with E-state index in [4.69, 9.17) is 0 Å². The molecule has 0 saturated heterocycles. The zero-order valence-corrected chi connectivity index (χ0v) is 8.67. The Kier molecular flexibility index (Phi) is 5.28. The van der Waals surface area contributed by atoms with Crippen molar-refractivity contribution in [2.45, 2.75) is 6.42 Å². The van der Waals surface area contributed by atoms with Crippen molar-refractivity contribution in [2.24, 2.45) is 0 Å². The summed E-state index contributed by atoms with van der Waals surface area (Å²) in [5.74, 6) is 0. The van der Waals surface area contributed by atoms with Crippen LogP contribution in [0.1, 0.15) is 4.88 Å². The molecule has 0 saturated carbocycles. The van der Waals surface area contributed by atoms with Gasteiger partial charge in [-0.1, -0.05) is 12.1 Å². The number of thiophene rings is 1. The molecule has 1 aliphatic heterocycles. The monoisotopic (exact) mass is 207 g/mol. The number of nitrogens with one attached hydrogen (secondary N) is 1.